The summed E-state index contributed by atoms with van der Waals surface area (Å²) in [6.45, 7) is 2.26. The van der Waals surface area contributed by atoms with Crippen LogP contribution in [0.4, 0.5) is 5.82 Å². The maximum Gasteiger partial charge on any atom is 0.343 e. The summed E-state index contributed by atoms with van der Waals surface area (Å²) in [5.41, 5.74) is 0.327. The number of amides is 1. The zero-order chi connectivity index (χ0) is 17.1. The first-order valence-electron chi connectivity index (χ1n) is 8.28. The number of nitrogens with one attached hydrogen (secondary N) is 1. The molecule has 1 saturated heterocycles. The molecule has 2 atom stereocenters. The molecule has 0 aromatic carbocycles. The number of nitrogens with zero attached hydrogens (tertiary/aromatic N) is 3. The Bertz CT molecular complexity index is 640. The van der Waals surface area contributed by atoms with Gasteiger partial charge in [0.1, 0.15) is 11.4 Å². The summed E-state index contributed by atoms with van der Waals surface area (Å²) in [4.78, 5) is 35.2. The average molecular weight is 350 g/mol. The minimum atomic E-state index is -0.446. The molecule has 8 heteroatoms. The minimum absolute atomic E-state index is 0.0303. The van der Waals surface area contributed by atoms with Gasteiger partial charge >= 0.3 is 5.97 Å². The van der Waals surface area contributed by atoms with E-state index in [1.807, 2.05) is 11.2 Å². The Hall–Kier alpha value is -1.83. The van der Waals surface area contributed by atoms with Gasteiger partial charge in [-0.1, -0.05) is 24.6 Å². The highest BCUT2D eigenvalue weighted by molar-refractivity contribution is 7.98. The summed E-state index contributed by atoms with van der Waals surface area (Å²) in [6.07, 6.45) is 7.56. The topological polar surface area (TPSA) is 84.4 Å². The van der Waals surface area contributed by atoms with Crippen LogP contribution in [0.1, 0.15) is 43.0 Å². The molecule has 3 rings (SSSR count). The third-order valence-corrected chi connectivity index (χ3v) is 5.05. The molecule has 1 saturated carbocycles. The summed E-state index contributed by atoms with van der Waals surface area (Å²) in [7, 11) is 0. The molecule has 24 heavy (non-hydrogen) atoms. The van der Waals surface area contributed by atoms with E-state index in [0.717, 1.165) is 25.7 Å². The molecule has 1 amide bonds. The summed E-state index contributed by atoms with van der Waals surface area (Å²) in [5.74, 6) is 0.0373. The number of carbonyl (C=O) groups excluding carboxylic acids is 2. The maximum absolute atomic E-state index is 12.3. The van der Waals surface area contributed by atoms with Gasteiger partial charge in [0.15, 0.2) is 5.16 Å². The predicted molar refractivity (Wildman–Crippen MR) is 91.3 cm³/mol. The molecular weight excluding hydrogens is 328 g/mol. The van der Waals surface area contributed by atoms with Crippen molar-refractivity contribution in [2.75, 3.05) is 24.3 Å². The van der Waals surface area contributed by atoms with Crippen molar-refractivity contribution in [1.82, 2.24) is 15.3 Å². The lowest BCUT2D eigenvalue weighted by Crippen LogP contribution is -2.62. The number of piperazine rings is 1. The number of ether oxygens (including phenoxy) is 1. The van der Waals surface area contributed by atoms with Crippen LogP contribution >= 0.6 is 11.8 Å². The van der Waals surface area contributed by atoms with Crippen molar-refractivity contribution in [2.45, 2.75) is 49.8 Å². The number of esters is 1. The van der Waals surface area contributed by atoms with Gasteiger partial charge < -0.3 is 15.0 Å². The Balaban J connectivity index is 2.01. The molecule has 1 aliphatic heterocycles. The van der Waals surface area contributed by atoms with Crippen LogP contribution in [0, 0.1) is 0 Å². The fourth-order valence-corrected chi connectivity index (χ4v) is 3.77. The molecule has 7 nitrogen and oxygen atoms in total. The lowest BCUT2D eigenvalue weighted by molar-refractivity contribution is -0.122. The second-order valence-electron chi connectivity index (χ2n) is 5.97. The van der Waals surface area contributed by atoms with Gasteiger partial charge in [0.25, 0.3) is 0 Å². The minimum Gasteiger partial charge on any atom is -0.462 e. The van der Waals surface area contributed by atoms with Gasteiger partial charge in [0.2, 0.25) is 5.91 Å². The van der Waals surface area contributed by atoms with E-state index in [2.05, 4.69) is 15.3 Å². The Kier molecular flexibility index (Phi) is 5.23. The second kappa shape index (κ2) is 7.38. The lowest BCUT2D eigenvalue weighted by Gasteiger charge is -2.44. The van der Waals surface area contributed by atoms with Crippen LogP contribution in [-0.2, 0) is 9.53 Å². The number of fused-ring (bicyclic) bond motifs is 1. The van der Waals surface area contributed by atoms with E-state index in [0.29, 0.717) is 16.5 Å². The normalized spacial score (nSPS) is 23.4. The maximum atomic E-state index is 12.3. The van der Waals surface area contributed by atoms with Crippen molar-refractivity contribution in [1.29, 1.82) is 0 Å². The number of hydrogen-bond acceptors (Lipinski definition) is 7. The van der Waals surface area contributed by atoms with E-state index in [9.17, 15) is 9.59 Å². The molecule has 2 fully saturated rings. The number of thioether (sulfide) groups is 1. The van der Waals surface area contributed by atoms with Gasteiger partial charge in [-0.3, -0.25) is 4.79 Å². The Morgan fingerprint density at radius 3 is 3.00 bits per heavy atom. The van der Waals surface area contributed by atoms with Crippen molar-refractivity contribution < 1.29 is 14.3 Å². The molecule has 130 valence electrons. The fourth-order valence-electron chi connectivity index (χ4n) is 3.44. The van der Waals surface area contributed by atoms with Crippen molar-refractivity contribution >= 4 is 29.5 Å². The number of anilines is 1. The molecule has 0 spiro atoms. The summed E-state index contributed by atoms with van der Waals surface area (Å²) >= 11 is 1.41. The summed E-state index contributed by atoms with van der Waals surface area (Å²) in [6, 6.07) is 0.275. The van der Waals surface area contributed by atoms with E-state index >= 15 is 0 Å². The van der Waals surface area contributed by atoms with Crippen LogP contribution in [-0.4, -0.2) is 53.3 Å². The molecule has 1 aromatic heterocycles. The summed E-state index contributed by atoms with van der Waals surface area (Å²) < 4.78 is 5.14. The fraction of sp³-hybridized carbons (Fsp3) is 0.625. The molecule has 0 bridgehead atoms. The van der Waals surface area contributed by atoms with Crippen LogP contribution in [0.15, 0.2) is 11.4 Å². The first kappa shape index (κ1) is 17.0. The van der Waals surface area contributed by atoms with Gasteiger partial charge in [0.05, 0.1) is 19.2 Å². The van der Waals surface area contributed by atoms with E-state index in [-0.39, 0.29) is 31.1 Å². The van der Waals surface area contributed by atoms with E-state index < -0.39 is 5.97 Å². The van der Waals surface area contributed by atoms with Crippen molar-refractivity contribution in [3.8, 4) is 0 Å². The number of carbonyl (C=O) groups is 2. The second-order valence-corrected chi connectivity index (χ2v) is 6.74. The number of aromatic nitrogens is 2. The number of rotatable bonds is 4. The first-order valence-corrected chi connectivity index (χ1v) is 9.50. The molecule has 0 radical (unpaired) electrons. The Morgan fingerprint density at radius 1 is 1.46 bits per heavy atom. The van der Waals surface area contributed by atoms with Crippen LogP contribution < -0.4 is 10.2 Å². The largest absolute Gasteiger partial charge is 0.462 e. The highest BCUT2D eigenvalue weighted by atomic mass is 32.2. The van der Waals surface area contributed by atoms with Gasteiger partial charge in [-0.25, -0.2) is 14.8 Å². The van der Waals surface area contributed by atoms with Crippen LogP contribution in [0.3, 0.4) is 0 Å². The quantitative estimate of drug-likeness (QED) is 0.502. The summed E-state index contributed by atoms with van der Waals surface area (Å²) in [5, 5.41) is 3.66. The van der Waals surface area contributed by atoms with Gasteiger partial charge in [-0.2, -0.15) is 0 Å². The zero-order valence-electron chi connectivity index (χ0n) is 13.9. The van der Waals surface area contributed by atoms with Gasteiger partial charge in [0, 0.05) is 12.2 Å². The first-order chi connectivity index (χ1) is 11.6. The lowest BCUT2D eigenvalue weighted by atomic mass is 9.87. The van der Waals surface area contributed by atoms with Crippen LogP contribution in [0.5, 0.6) is 0 Å². The van der Waals surface area contributed by atoms with Gasteiger partial charge in [-0.15, -0.1) is 0 Å². The molecule has 1 N–H and O–H groups in total. The zero-order valence-corrected chi connectivity index (χ0v) is 14.8. The van der Waals surface area contributed by atoms with Crippen molar-refractivity contribution in [3.05, 3.63) is 11.8 Å². The van der Waals surface area contributed by atoms with E-state index in [1.165, 1.54) is 18.0 Å². The van der Waals surface area contributed by atoms with Crippen molar-refractivity contribution in [3.63, 3.8) is 0 Å². The Morgan fingerprint density at radius 2 is 2.25 bits per heavy atom. The van der Waals surface area contributed by atoms with Crippen molar-refractivity contribution in [2.24, 2.45) is 0 Å². The highest BCUT2D eigenvalue weighted by Crippen LogP contribution is 2.31. The van der Waals surface area contributed by atoms with Crippen LogP contribution in [0.25, 0.3) is 0 Å². The third kappa shape index (κ3) is 3.33. The molecule has 1 aromatic rings. The molecule has 2 heterocycles. The average Bonchev–Trinajstić information content (AvgIpc) is 2.60. The highest BCUT2D eigenvalue weighted by Gasteiger charge is 2.38. The monoisotopic (exact) mass is 350 g/mol. The predicted octanol–water partition coefficient (Wildman–Crippen LogP) is 1.62. The standard InChI is InChI=1S/C16H22N4O3S/c1-3-23-15(22)10-8-17-16(24-2)19-14(10)20-9-13(21)18-11-6-4-5-7-12(11)20/h8,11-12H,3-7,9H2,1-2H3,(H,18,21)/t11-,12-/m0/s1. The van der Waals surface area contributed by atoms with E-state index in [1.54, 1.807) is 6.92 Å². The molecule has 0 unspecified atom stereocenters. The number of hydrogen-bond donors (Lipinski definition) is 1. The third-order valence-electron chi connectivity index (χ3n) is 4.49. The molecule has 2 aliphatic rings. The Labute approximate surface area is 145 Å². The van der Waals surface area contributed by atoms with E-state index in [4.69, 9.17) is 4.74 Å². The SMILES string of the molecule is CCOC(=O)c1cnc(SC)nc1N1CC(=O)N[C@H]2CCCC[C@@H]21. The van der Waals surface area contributed by atoms with Crippen LogP contribution in [0.2, 0.25) is 0 Å². The van der Waals surface area contributed by atoms with Gasteiger partial charge in [-0.05, 0) is 26.0 Å². The molecule has 1 aliphatic carbocycles. The smallest absolute Gasteiger partial charge is 0.343 e. The molecular formula is C16H22N4O3S.